The Kier molecular flexibility index (Phi) is 6.41. The van der Waals surface area contributed by atoms with Gasteiger partial charge in [0.1, 0.15) is 0 Å². The molecular formula is C24H31N3O3. The average Bonchev–Trinajstić information content (AvgIpc) is 3.34. The molecule has 0 N–H and O–H groups in total. The van der Waals surface area contributed by atoms with E-state index in [2.05, 4.69) is 23.1 Å². The van der Waals surface area contributed by atoms with Crippen LogP contribution in [0, 0.1) is 5.92 Å². The SMILES string of the molecule is CN(Cc1ccccc1N1CCCCC1)C(=O)C1CCCN(C(=O)c2ccco2)C1. The molecule has 2 fully saturated rings. The van der Waals surface area contributed by atoms with E-state index in [0.29, 0.717) is 25.4 Å². The molecule has 3 heterocycles. The van der Waals surface area contributed by atoms with Gasteiger partial charge in [-0.05, 0) is 55.9 Å². The predicted octanol–water partition coefficient (Wildman–Crippen LogP) is 3.78. The first-order valence-corrected chi connectivity index (χ1v) is 11.0. The molecule has 0 radical (unpaired) electrons. The second-order valence-electron chi connectivity index (χ2n) is 8.44. The average molecular weight is 410 g/mol. The van der Waals surface area contributed by atoms with Crippen molar-refractivity contribution in [3.63, 3.8) is 0 Å². The number of benzene rings is 1. The molecule has 1 aromatic heterocycles. The number of hydrogen-bond acceptors (Lipinski definition) is 4. The molecule has 0 saturated carbocycles. The molecule has 2 aromatic rings. The summed E-state index contributed by atoms with van der Waals surface area (Å²) in [4.78, 5) is 31.8. The fraction of sp³-hybridized carbons (Fsp3) is 0.500. The molecule has 1 atom stereocenters. The van der Waals surface area contributed by atoms with Crippen LogP contribution >= 0.6 is 0 Å². The minimum absolute atomic E-state index is 0.111. The maximum atomic E-state index is 13.2. The molecule has 0 aliphatic carbocycles. The van der Waals surface area contributed by atoms with Crippen LogP contribution in [0.3, 0.4) is 0 Å². The van der Waals surface area contributed by atoms with Crippen molar-refractivity contribution in [2.24, 2.45) is 5.92 Å². The number of piperidine rings is 2. The van der Waals surface area contributed by atoms with Crippen LogP contribution in [0.5, 0.6) is 0 Å². The zero-order valence-corrected chi connectivity index (χ0v) is 17.8. The van der Waals surface area contributed by atoms with Gasteiger partial charge in [-0.2, -0.15) is 0 Å². The van der Waals surface area contributed by atoms with E-state index in [1.807, 2.05) is 18.0 Å². The lowest BCUT2D eigenvalue weighted by Gasteiger charge is -2.34. The van der Waals surface area contributed by atoms with Gasteiger partial charge in [0.05, 0.1) is 12.2 Å². The van der Waals surface area contributed by atoms with E-state index in [4.69, 9.17) is 4.42 Å². The summed E-state index contributed by atoms with van der Waals surface area (Å²) in [6, 6.07) is 11.8. The van der Waals surface area contributed by atoms with Gasteiger partial charge in [0, 0.05) is 45.5 Å². The molecule has 160 valence electrons. The number of para-hydroxylation sites is 1. The van der Waals surface area contributed by atoms with Gasteiger partial charge in [-0.3, -0.25) is 9.59 Å². The standard InChI is InChI=1S/C24H31N3O3/c1-25(17-19-9-3-4-11-21(19)26-13-5-2-6-14-26)23(28)20-10-7-15-27(18-20)24(29)22-12-8-16-30-22/h3-4,8-9,11-12,16,20H,2,5-7,10,13-15,17-18H2,1H3. The summed E-state index contributed by atoms with van der Waals surface area (Å²) >= 11 is 0. The van der Waals surface area contributed by atoms with Crippen molar-refractivity contribution >= 4 is 17.5 Å². The molecule has 1 aromatic carbocycles. The lowest BCUT2D eigenvalue weighted by atomic mass is 9.96. The second kappa shape index (κ2) is 9.37. The van der Waals surface area contributed by atoms with Crippen molar-refractivity contribution in [2.45, 2.75) is 38.6 Å². The molecule has 30 heavy (non-hydrogen) atoms. The number of hydrogen-bond donors (Lipinski definition) is 0. The van der Waals surface area contributed by atoms with Crippen LogP contribution in [0.2, 0.25) is 0 Å². The Morgan fingerprint density at radius 3 is 2.60 bits per heavy atom. The number of anilines is 1. The van der Waals surface area contributed by atoms with Gasteiger partial charge in [-0.1, -0.05) is 18.2 Å². The molecule has 6 nitrogen and oxygen atoms in total. The van der Waals surface area contributed by atoms with Crippen molar-refractivity contribution in [1.29, 1.82) is 0 Å². The van der Waals surface area contributed by atoms with Crippen LogP contribution in [-0.4, -0.2) is 54.8 Å². The third-order valence-electron chi connectivity index (χ3n) is 6.26. The number of furan rings is 1. The van der Waals surface area contributed by atoms with E-state index in [-0.39, 0.29) is 17.7 Å². The Labute approximate surface area is 178 Å². The summed E-state index contributed by atoms with van der Waals surface area (Å²) in [6.07, 6.45) is 6.91. The molecule has 0 bridgehead atoms. The molecule has 2 aliphatic heterocycles. The summed E-state index contributed by atoms with van der Waals surface area (Å²) < 4.78 is 5.25. The first-order chi connectivity index (χ1) is 14.6. The zero-order chi connectivity index (χ0) is 20.9. The van der Waals surface area contributed by atoms with Gasteiger partial charge >= 0.3 is 0 Å². The van der Waals surface area contributed by atoms with E-state index < -0.39 is 0 Å². The minimum atomic E-state index is -0.162. The summed E-state index contributed by atoms with van der Waals surface area (Å²) in [5.41, 5.74) is 2.43. The van der Waals surface area contributed by atoms with E-state index >= 15 is 0 Å². The zero-order valence-electron chi connectivity index (χ0n) is 17.8. The van der Waals surface area contributed by atoms with Crippen LogP contribution in [0.4, 0.5) is 5.69 Å². The lowest BCUT2D eigenvalue weighted by Crippen LogP contribution is -2.45. The molecule has 6 heteroatoms. The Morgan fingerprint density at radius 2 is 1.83 bits per heavy atom. The Morgan fingerprint density at radius 1 is 1.03 bits per heavy atom. The van der Waals surface area contributed by atoms with Crippen molar-refractivity contribution in [1.82, 2.24) is 9.80 Å². The molecule has 2 saturated heterocycles. The Hall–Kier alpha value is -2.76. The summed E-state index contributed by atoms with van der Waals surface area (Å²) in [6.45, 7) is 3.89. The summed E-state index contributed by atoms with van der Waals surface area (Å²) in [5.74, 6) is 0.160. The molecule has 4 rings (SSSR count). The third kappa shape index (κ3) is 4.53. The first-order valence-electron chi connectivity index (χ1n) is 11.0. The van der Waals surface area contributed by atoms with Gasteiger partial charge in [0.25, 0.3) is 5.91 Å². The summed E-state index contributed by atoms with van der Waals surface area (Å²) in [7, 11) is 1.88. The van der Waals surface area contributed by atoms with Gasteiger partial charge < -0.3 is 19.1 Å². The summed E-state index contributed by atoms with van der Waals surface area (Å²) in [5, 5.41) is 0. The largest absolute Gasteiger partial charge is 0.459 e. The maximum absolute atomic E-state index is 13.2. The smallest absolute Gasteiger partial charge is 0.289 e. The molecule has 1 unspecified atom stereocenters. The first kappa shape index (κ1) is 20.5. The highest BCUT2D eigenvalue weighted by Gasteiger charge is 2.31. The maximum Gasteiger partial charge on any atom is 0.289 e. The van der Waals surface area contributed by atoms with Gasteiger partial charge in [-0.15, -0.1) is 0 Å². The lowest BCUT2D eigenvalue weighted by molar-refractivity contribution is -0.136. The highest BCUT2D eigenvalue weighted by molar-refractivity contribution is 5.92. The van der Waals surface area contributed by atoms with Gasteiger partial charge in [0.2, 0.25) is 5.91 Å². The number of rotatable bonds is 5. The highest BCUT2D eigenvalue weighted by atomic mass is 16.3. The number of likely N-dealkylation sites (tertiary alicyclic amines) is 1. The fourth-order valence-electron chi connectivity index (χ4n) is 4.65. The number of nitrogens with zero attached hydrogens (tertiary/aromatic N) is 3. The molecule has 0 spiro atoms. The van der Waals surface area contributed by atoms with Crippen molar-refractivity contribution in [2.75, 3.05) is 38.1 Å². The van der Waals surface area contributed by atoms with Crippen LogP contribution < -0.4 is 4.90 Å². The van der Waals surface area contributed by atoms with Crippen LogP contribution in [0.15, 0.2) is 47.1 Å². The van der Waals surface area contributed by atoms with E-state index in [1.54, 1.807) is 17.0 Å². The number of carbonyl (C=O) groups excluding carboxylic acids is 2. The quantitative estimate of drug-likeness (QED) is 0.754. The Balaban J connectivity index is 1.41. The van der Waals surface area contributed by atoms with E-state index in [0.717, 1.165) is 25.9 Å². The van der Waals surface area contributed by atoms with E-state index in [9.17, 15) is 9.59 Å². The number of amides is 2. The normalized spacial score (nSPS) is 19.6. The van der Waals surface area contributed by atoms with E-state index in [1.165, 1.54) is 36.8 Å². The third-order valence-corrected chi connectivity index (χ3v) is 6.26. The highest BCUT2D eigenvalue weighted by Crippen LogP contribution is 2.26. The van der Waals surface area contributed by atoms with Crippen LogP contribution in [0.25, 0.3) is 0 Å². The monoisotopic (exact) mass is 409 g/mol. The van der Waals surface area contributed by atoms with Crippen molar-refractivity contribution in [3.05, 3.63) is 54.0 Å². The topological polar surface area (TPSA) is 57.0 Å². The Bertz CT molecular complexity index is 858. The second-order valence-corrected chi connectivity index (χ2v) is 8.44. The predicted molar refractivity (Wildman–Crippen MR) is 116 cm³/mol. The molecule has 2 amide bonds. The fourth-order valence-corrected chi connectivity index (χ4v) is 4.65. The molecule has 2 aliphatic rings. The van der Waals surface area contributed by atoms with Crippen LogP contribution in [0.1, 0.15) is 48.2 Å². The van der Waals surface area contributed by atoms with Crippen LogP contribution in [-0.2, 0) is 11.3 Å². The number of carbonyl (C=O) groups is 2. The van der Waals surface area contributed by atoms with Crippen molar-refractivity contribution < 1.29 is 14.0 Å². The van der Waals surface area contributed by atoms with Crippen molar-refractivity contribution in [3.8, 4) is 0 Å². The van der Waals surface area contributed by atoms with Gasteiger partial charge in [-0.25, -0.2) is 0 Å². The van der Waals surface area contributed by atoms with Gasteiger partial charge in [0.15, 0.2) is 5.76 Å². The minimum Gasteiger partial charge on any atom is -0.459 e. The molecular weight excluding hydrogens is 378 g/mol.